The summed E-state index contributed by atoms with van der Waals surface area (Å²) >= 11 is 3.58. The number of carbonyl (C=O) groups excluding carboxylic acids is 1. The van der Waals surface area contributed by atoms with Crippen molar-refractivity contribution < 1.29 is 4.79 Å². The lowest BCUT2D eigenvalue weighted by Crippen LogP contribution is -2.33. The predicted molar refractivity (Wildman–Crippen MR) is 71.6 cm³/mol. The largest absolute Gasteiger partial charge is 0.370 e. The first-order valence-corrected chi connectivity index (χ1v) is 6.69. The molecular weight excluding hydrogens is 280 g/mol. The fraction of sp³-hybridized carbons (Fsp3) is 0.462. The second kappa shape index (κ2) is 5.19. The van der Waals surface area contributed by atoms with E-state index in [0.717, 1.165) is 12.8 Å². The third-order valence-corrected chi connectivity index (χ3v) is 3.95. The lowest BCUT2D eigenvalue weighted by atomic mass is 10.1. The molecule has 0 saturated heterocycles. The molecule has 17 heavy (non-hydrogen) atoms. The lowest BCUT2D eigenvalue weighted by molar-refractivity contribution is -0.118. The third-order valence-electron chi connectivity index (χ3n) is 3.21. The predicted octanol–water partition coefficient (Wildman–Crippen LogP) is 2.29. The van der Waals surface area contributed by atoms with Gasteiger partial charge in [0.25, 0.3) is 0 Å². The molecule has 1 aliphatic rings. The van der Waals surface area contributed by atoms with Gasteiger partial charge in [-0.2, -0.15) is 0 Å². The molecule has 1 aliphatic carbocycles. The van der Waals surface area contributed by atoms with Gasteiger partial charge in [-0.1, -0.05) is 28.1 Å². The number of rotatable bonds is 4. The van der Waals surface area contributed by atoms with Crippen molar-refractivity contribution in [2.75, 3.05) is 0 Å². The Kier molecular flexibility index (Phi) is 3.84. The van der Waals surface area contributed by atoms with Gasteiger partial charge in [0.1, 0.15) is 0 Å². The Morgan fingerprint density at radius 1 is 1.65 bits per heavy atom. The van der Waals surface area contributed by atoms with E-state index in [1.165, 1.54) is 15.6 Å². The molecular formula is C13H17BrN2O. The number of amides is 1. The van der Waals surface area contributed by atoms with E-state index in [1.54, 1.807) is 0 Å². The van der Waals surface area contributed by atoms with Crippen LogP contribution < -0.4 is 11.1 Å². The maximum atomic E-state index is 10.9. The average molecular weight is 297 g/mol. The van der Waals surface area contributed by atoms with E-state index in [2.05, 4.69) is 39.4 Å². The second-order valence-corrected chi connectivity index (χ2v) is 5.49. The number of halogens is 1. The molecule has 0 heterocycles. The van der Waals surface area contributed by atoms with E-state index < -0.39 is 0 Å². The first kappa shape index (κ1) is 12.6. The molecule has 1 aromatic rings. The molecule has 1 aromatic carbocycles. The van der Waals surface area contributed by atoms with Gasteiger partial charge >= 0.3 is 0 Å². The molecule has 0 aromatic heterocycles. The molecule has 0 fully saturated rings. The van der Waals surface area contributed by atoms with Crippen molar-refractivity contribution in [3.8, 4) is 0 Å². The minimum atomic E-state index is -0.252. The fourth-order valence-electron chi connectivity index (χ4n) is 2.49. The number of nitrogens with one attached hydrogen (secondary N) is 1. The standard InChI is InChI=1S/C13H17BrN2O/c1-8(7-13(15)17)16-12-6-5-9-10(12)3-2-4-11(9)14/h2-4,8,12,16H,5-7H2,1H3,(H2,15,17). The fourth-order valence-corrected chi connectivity index (χ4v) is 3.07. The number of hydrogen-bond acceptors (Lipinski definition) is 2. The van der Waals surface area contributed by atoms with Crippen LogP contribution in [0.25, 0.3) is 0 Å². The number of fused-ring (bicyclic) bond motifs is 1. The maximum Gasteiger partial charge on any atom is 0.218 e. The molecule has 2 unspecified atom stereocenters. The van der Waals surface area contributed by atoms with Crippen molar-refractivity contribution in [1.82, 2.24) is 5.32 Å². The van der Waals surface area contributed by atoms with Crippen LogP contribution in [0.3, 0.4) is 0 Å². The van der Waals surface area contributed by atoms with Crippen molar-refractivity contribution in [3.05, 3.63) is 33.8 Å². The topological polar surface area (TPSA) is 55.1 Å². The Bertz CT molecular complexity index is 433. The van der Waals surface area contributed by atoms with Crippen molar-refractivity contribution in [3.63, 3.8) is 0 Å². The summed E-state index contributed by atoms with van der Waals surface area (Å²) in [5.41, 5.74) is 7.93. The van der Waals surface area contributed by atoms with E-state index in [-0.39, 0.29) is 11.9 Å². The molecule has 0 radical (unpaired) electrons. The van der Waals surface area contributed by atoms with Crippen molar-refractivity contribution in [2.45, 2.75) is 38.3 Å². The smallest absolute Gasteiger partial charge is 0.218 e. The molecule has 3 nitrogen and oxygen atoms in total. The molecule has 2 rings (SSSR count). The van der Waals surface area contributed by atoms with Gasteiger partial charge in [-0.25, -0.2) is 0 Å². The SMILES string of the molecule is CC(CC(N)=O)NC1CCc2c(Br)cccc21. The van der Waals surface area contributed by atoms with Gasteiger partial charge in [0.15, 0.2) is 0 Å². The van der Waals surface area contributed by atoms with Crippen LogP contribution in [-0.2, 0) is 11.2 Å². The van der Waals surface area contributed by atoms with Gasteiger partial charge in [0, 0.05) is 23.0 Å². The van der Waals surface area contributed by atoms with Crippen molar-refractivity contribution >= 4 is 21.8 Å². The molecule has 92 valence electrons. The zero-order chi connectivity index (χ0) is 12.4. The molecule has 0 spiro atoms. The highest BCUT2D eigenvalue weighted by molar-refractivity contribution is 9.10. The van der Waals surface area contributed by atoms with Crippen LogP contribution in [0, 0.1) is 0 Å². The first-order valence-electron chi connectivity index (χ1n) is 5.89. The minimum absolute atomic E-state index is 0.127. The number of nitrogens with two attached hydrogens (primary N) is 1. The van der Waals surface area contributed by atoms with Gasteiger partial charge in [-0.15, -0.1) is 0 Å². The van der Waals surface area contributed by atoms with Crippen LogP contribution in [-0.4, -0.2) is 11.9 Å². The molecule has 0 saturated carbocycles. The molecule has 0 aliphatic heterocycles. The number of primary amides is 1. The van der Waals surface area contributed by atoms with E-state index >= 15 is 0 Å². The first-order chi connectivity index (χ1) is 8.08. The summed E-state index contributed by atoms with van der Waals surface area (Å²) in [6, 6.07) is 6.76. The van der Waals surface area contributed by atoms with Crippen molar-refractivity contribution in [1.29, 1.82) is 0 Å². The van der Waals surface area contributed by atoms with Crippen LogP contribution in [0.15, 0.2) is 22.7 Å². The summed E-state index contributed by atoms with van der Waals surface area (Å²) in [6.45, 7) is 2.00. The number of carbonyl (C=O) groups is 1. The summed E-state index contributed by atoms with van der Waals surface area (Å²) in [6.07, 6.45) is 2.55. The van der Waals surface area contributed by atoms with Crippen LogP contribution in [0.4, 0.5) is 0 Å². The molecule has 4 heteroatoms. The minimum Gasteiger partial charge on any atom is -0.370 e. The summed E-state index contributed by atoms with van der Waals surface area (Å²) < 4.78 is 1.18. The lowest BCUT2D eigenvalue weighted by Gasteiger charge is -2.19. The Morgan fingerprint density at radius 2 is 2.41 bits per heavy atom. The molecule has 0 bridgehead atoms. The van der Waals surface area contributed by atoms with Gasteiger partial charge in [0.05, 0.1) is 0 Å². The maximum absolute atomic E-state index is 10.9. The molecule has 2 atom stereocenters. The zero-order valence-electron chi connectivity index (χ0n) is 9.87. The summed E-state index contributed by atoms with van der Waals surface area (Å²) in [4.78, 5) is 10.9. The number of benzene rings is 1. The Hall–Kier alpha value is -0.870. The number of hydrogen-bond donors (Lipinski definition) is 2. The Labute approximate surface area is 110 Å². The monoisotopic (exact) mass is 296 g/mol. The zero-order valence-corrected chi connectivity index (χ0v) is 11.5. The molecule has 1 amide bonds. The third kappa shape index (κ3) is 2.87. The highest BCUT2D eigenvalue weighted by atomic mass is 79.9. The van der Waals surface area contributed by atoms with E-state index in [9.17, 15) is 4.79 Å². The van der Waals surface area contributed by atoms with Gasteiger partial charge < -0.3 is 11.1 Å². The molecule has 3 N–H and O–H groups in total. The van der Waals surface area contributed by atoms with Crippen molar-refractivity contribution in [2.24, 2.45) is 5.73 Å². The highest BCUT2D eigenvalue weighted by Crippen LogP contribution is 2.35. The van der Waals surface area contributed by atoms with Crippen LogP contribution in [0.2, 0.25) is 0 Å². The van der Waals surface area contributed by atoms with Crippen LogP contribution >= 0.6 is 15.9 Å². The normalized spacial score (nSPS) is 20.0. The van der Waals surface area contributed by atoms with E-state index in [1.807, 2.05) is 6.92 Å². The highest BCUT2D eigenvalue weighted by Gasteiger charge is 2.25. The van der Waals surface area contributed by atoms with Crippen LogP contribution in [0.1, 0.15) is 36.9 Å². The van der Waals surface area contributed by atoms with Crippen LogP contribution in [0.5, 0.6) is 0 Å². The van der Waals surface area contributed by atoms with Gasteiger partial charge in [-0.3, -0.25) is 4.79 Å². The van der Waals surface area contributed by atoms with Gasteiger partial charge in [-0.05, 0) is 37.0 Å². The van der Waals surface area contributed by atoms with Gasteiger partial charge in [0.2, 0.25) is 5.91 Å². The summed E-state index contributed by atoms with van der Waals surface area (Å²) in [5, 5.41) is 3.47. The van der Waals surface area contributed by atoms with E-state index in [0.29, 0.717) is 12.5 Å². The quantitative estimate of drug-likeness (QED) is 0.896. The summed E-state index contributed by atoms with van der Waals surface area (Å²) in [7, 11) is 0. The van der Waals surface area contributed by atoms with E-state index in [4.69, 9.17) is 5.73 Å². The Balaban J connectivity index is 2.07. The average Bonchev–Trinajstić information content (AvgIpc) is 2.62. The Morgan fingerprint density at radius 3 is 3.12 bits per heavy atom. The second-order valence-electron chi connectivity index (χ2n) is 4.64. The summed E-state index contributed by atoms with van der Waals surface area (Å²) in [5.74, 6) is -0.252.